The molecule has 22 heavy (non-hydrogen) atoms. The Kier molecular flexibility index (Phi) is 4.34. The van der Waals surface area contributed by atoms with E-state index in [1.807, 2.05) is 0 Å². The van der Waals surface area contributed by atoms with Crippen molar-refractivity contribution in [3.05, 3.63) is 34.0 Å². The van der Waals surface area contributed by atoms with Gasteiger partial charge in [-0.25, -0.2) is 0 Å². The minimum absolute atomic E-state index is 0.0432. The molecule has 1 aromatic rings. The van der Waals surface area contributed by atoms with Crippen LogP contribution in [-0.4, -0.2) is 0 Å². The molecular weight excluding hydrogens is 372 g/mol. The quantitative estimate of drug-likeness (QED) is 0.488. The number of nitrogens with zero attached hydrogens (tertiary/aromatic N) is 2. The summed E-state index contributed by atoms with van der Waals surface area (Å²) in [4.78, 5) is -2.22. The predicted octanol–water partition coefficient (Wildman–Crippen LogP) is 6.38. The molecule has 0 spiro atoms. The molecule has 11 heteroatoms. The Hall–Kier alpha value is -1.68. The van der Waals surface area contributed by atoms with Crippen LogP contribution in [0.15, 0.2) is 28.8 Å². The number of anilines is 1. The van der Waals surface area contributed by atoms with Crippen LogP contribution in [0, 0.1) is 22.7 Å². The van der Waals surface area contributed by atoms with Gasteiger partial charge in [0.15, 0.2) is 0 Å². The minimum atomic E-state index is -9.90. The fraction of sp³-hybridized carbons (Fsp3) is 0.0909. The zero-order valence-corrected chi connectivity index (χ0v) is 12.7. The maximum Gasteiger partial charge on any atom is 0.310 e. The molecule has 0 atom stereocenters. The van der Waals surface area contributed by atoms with Crippen LogP contribution in [0.4, 0.5) is 25.1 Å². The lowest BCUT2D eigenvalue weighted by atomic mass is 10.2. The van der Waals surface area contributed by atoms with Gasteiger partial charge in [-0.1, -0.05) is 42.6 Å². The van der Waals surface area contributed by atoms with Crippen LogP contribution in [-0.2, 0) is 0 Å². The molecule has 0 fully saturated rings. The molecule has 0 heterocycles. The zero-order chi connectivity index (χ0) is 17.2. The first-order chi connectivity index (χ1) is 9.78. The van der Waals surface area contributed by atoms with Crippen molar-refractivity contribution >= 4 is 39.1 Å². The van der Waals surface area contributed by atoms with E-state index in [0.717, 1.165) is 6.20 Å². The smallest absolute Gasteiger partial charge is 0.310 e. The Morgan fingerprint density at radius 3 is 2.00 bits per heavy atom. The number of rotatable bonds is 4. The molecule has 1 N–H and O–H groups in total. The Morgan fingerprint density at radius 1 is 1.14 bits per heavy atom. The van der Waals surface area contributed by atoms with Crippen molar-refractivity contribution in [3.8, 4) is 12.1 Å². The molecule has 0 saturated heterocycles. The van der Waals surface area contributed by atoms with Crippen molar-refractivity contribution in [2.75, 3.05) is 5.32 Å². The van der Waals surface area contributed by atoms with Crippen molar-refractivity contribution in [2.24, 2.45) is 0 Å². The van der Waals surface area contributed by atoms with Crippen LogP contribution in [0.1, 0.15) is 6.42 Å². The van der Waals surface area contributed by atoms with Gasteiger partial charge in [-0.15, -0.1) is 0 Å². The van der Waals surface area contributed by atoms with E-state index in [1.165, 1.54) is 0 Å². The fourth-order valence-corrected chi connectivity index (χ4v) is 2.68. The molecular formula is C11H6Cl2F5N3S. The van der Waals surface area contributed by atoms with Gasteiger partial charge < -0.3 is 5.32 Å². The summed E-state index contributed by atoms with van der Waals surface area (Å²) in [6, 6.07) is 3.43. The van der Waals surface area contributed by atoms with Crippen molar-refractivity contribution < 1.29 is 19.4 Å². The van der Waals surface area contributed by atoms with E-state index in [-0.39, 0.29) is 29.8 Å². The average Bonchev–Trinajstić information content (AvgIpc) is 2.33. The molecule has 1 aromatic carbocycles. The number of allylic oxidation sites excluding steroid dienone is 1. The van der Waals surface area contributed by atoms with Gasteiger partial charge in [0.05, 0.1) is 39.9 Å². The Morgan fingerprint density at radius 2 is 1.64 bits per heavy atom. The SMILES string of the molecule is N#CCC(C#N)=CNc1c(Cl)cc(S(F)(F)(F)(F)F)cc1Cl. The normalized spacial score (nSPS) is 15.2. The van der Waals surface area contributed by atoms with Crippen molar-refractivity contribution in [2.45, 2.75) is 11.3 Å². The number of hydrogen-bond donors (Lipinski definition) is 1. The summed E-state index contributed by atoms with van der Waals surface area (Å²) in [5.74, 6) is 0. The lowest BCUT2D eigenvalue weighted by molar-refractivity contribution is 0.364. The highest BCUT2D eigenvalue weighted by atomic mass is 35.5. The third-order valence-corrected chi connectivity index (χ3v) is 3.99. The second-order valence-corrected chi connectivity index (χ2v) is 7.22. The maximum atomic E-state index is 12.7. The van der Waals surface area contributed by atoms with E-state index in [9.17, 15) is 19.4 Å². The molecule has 0 saturated carbocycles. The molecule has 0 aliphatic carbocycles. The fourth-order valence-electron chi connectivity index (χ4n) is 1.28. The second-order valence-electron chi connectivity index (χ2n) is 3.99. The number of benzene rings is 1. The van der Waals surface area contributed by atoms with Gasteiger partial charge in [-0.3, -0.25) is 0 Å². The van der Waals surface area contributed by atoms with Gasteiger partial charge in [-0.2, -0.15) is 10.5 Å². The molecule has 120 valence electrons. The van der Waals surface area contributed by atoms with E-state index >= 15 is 0 Å². The van der Waals surface area contributed by atoms with Crippen LogP contribution in [0.3, 0.4) is 0 Å². The highest BCUT2D eigenvalue weighted by molar-refractivity contribution is 8.45. The lowest BCUT2D eigenvalue weighted by Crippen LogP contribution is -2.06. The summed E-state index contributed by atoms with van der Waals surface area (Å²) in [6.07, 6.45) is 0.734. The van der Waals surface area contributed by atoms with Gasteiger partial charge in [0, 0.05) is 6.20 Å². The summed E-state index contributed by atoms with van der Waals surface area (Å²) in [5.41, 5.74) is -0.342. The molecule has 1 rings (SSSR count). The van der Waals surface area contributed by atoms with Gasteiger partial charge >= 0.3 is 10.2 Å². The Labute approximate surface area is 132 Å². The first kappa shape index (κ1) is 18.4. The standard InChI is InChI=1S/C11H6Cl2F5N3S/c12-9-3-8(22(14,15,16,17)18)4-10(13)11(9)21-6-7(5-20)1-2-19/h3-4,6,21H,1H2. The summed E-state index contributed by atoms with van der Waals surface area (Å²) >= 11 is 11.1. The first-order valence-corrected chi connectivity index (χ1v) is 7.95. The highest BCUT2D eigenvalue weighted by Gasteiger charge is 2.65. The second kappa shape index (κ2) is 5.20. The van der Waals surface area contributed by atoms with Gasteiger partial charge in [0.1, 0.15) is 4.90 Å². The van der Waals surface area contributed by atoms with Crippen LogP contribution in [0.5, 0.6) is 0 Å². The molecule has 0 aromatic heterocycles. The van der Waals surface area contributed by atoms with Crippen LogP contribution in [0.25, 0.3) is 0 Å². The summed E-state index contributed by atoms with van der Waals surface area (Å²) in [5, 5.41) is 18.0. The van der Waals surface area contributed by atoms with E-state index < -0.39 is 25.2 Å². The number of halogens is 7. The topological polar surface area (TPSA) is 59.6 Å². The zero-order valence-electron chi connectivity index (χ0n) is 10.4. The van der Waals surface area contributed by atoms with Crippen LogP contribution in [0.2, 0.25) is 10.0 Å². The predicted molar refractivity (Wildman–Crippen MR) is 75.4 cm³/mol. The van der Waals surface area contributed by atoms with Gasteiger partial charge in [0.2, 0.25) is 0 Å². The minimum Gasteiger partial charge on any atom is -0.358 e. The Bertz CT molecular complexity index is 708. The molecule has 0 bridgehead atoms. The monoisotopic (exact) mass is 377 g/mol. The van der Waals surface area contributed by atoms with Crippen molar-refractivity contribution in [1.29, 1.82) is 10.5 Å². The average molecular weight is 378 g/mol. The summed E-state index contributed by atoms with van der Waals surface area (Å²) in [7, 11) is -9.90. The number of nitriles is 2. The van der Waals surface area contributed by atoms with Gasteiger partial charge in [-0.05, 0) is 12.1 Å². The molecule has 0 unspecified atom stereocenters. The van der Waals surface area contributed by atoms with E-state index in [1.54, 1.807) is 12.1 Å². The molecule has 0 aliphatic rings. The number of nitrogens with one attached hydrogen (secondary N) is 1. The first-order valence-electron chi connectivity index (χ1n) is 5.24. The molecule has 3 nitrogen and oxygen atoms in total. The van der Waals surface area contributed by atoms with Crippen molar-refractivity contribution in [3.63, 3.8) is 0 Å². The van der Waals surface area contributed by atoms with Crippen LogP contribution >= 0.6 is 33.4 Å². The third-order valence-electron chi connectivity index (χ3n) is 2.26. The van der Waals surface area contributed by atoms with Crippen LogP contribution < -0.4 is 5.32 Å². The van der Waals surface area contributed by atoms with E-state index in [4.69, 9.17) is 33.7 Å². The lowest BCUT2D eigenvalue weighted by Gasteiger charge is -2.40. The van der Waals surface area contributed by atoms with E-state index in [2.05, 4.69) is 5.32 Å². The largest absolute Gasteiger partial charge is 0.358 e. The highest BCUT2D eigenvalue weighted by Crippen LogP contribution is 3.02. The maximum absolute atomic E-state index is 12.7. The summed E-state index contributed by atoms with van der Waals surface area (Å²) in [6.45, 7) is 0. The number of hydrogen-bond acceptors (Lipinski definition) is 3. The molecule has 0 radical (unpaired) electrons. The molecule has 0 amide bonds. The molecule has 0 aliphatic heterocycles. The third kappa shape index (κ3) is 4.67. The van der Waals surface area contributed by atoms with E-state index in [0.29, 0.717) is 0 Å². The summed E-state index contributed by atoms with van der Waals surface area (Å²) < 4.78 is 63.4. The van der Waals surface area contributed by atoms with Gasteiger partial charge in [0.25, 0.3) is 0 Å². The Balaban J connectivity index is 3.30. The van der Waals surface area contributed by atoms with Crippen molar-refractivity contribution in [1.82, 2.24) is 0 Å².